The first-order valence-electron chi connectivity index (χ1n) is 14.3. The van der Waals surface area contributed by atoms with Crippen molar-refractivity contribution in [2.24, 2.45) is 17.8 Å². The Bertz CT molecular complexity index is 1040. The average Bonchev–Trinajstić information content (AvgIpc) is 3.19. The van der Waals surface area contributed by atoms with Crippen LogP contribution in [0.15, 0.2) is 47.1 Å². The second-order valence-electron chi connectivity index (χ2n) is 12.4. The number of hydrogen-bond acceptors (Lipinski definition) is 7. The normalized spacial score (nSPS) is 49.7. The van der Waals surface area contributed by atoms with Gasteiger partial charge in [0.2, 0.25) is 0 Å². The van der Waals surface area contributed by atoms with Crippen LogP contribution in [0, 0.1) is 17.8 Å². The van der Waals surface area contributed by atoms with Crippen LogP contribution in [0.5, 0.6) is 0 Å². The van der Waals surface area contributed by atoms with Gasteiger partial charge in [0, 0.05) is 19.3 Å². The molecule has 1 spiro atoms. The molecule has 3 fully saturated rings. The quantitative estimate of drug-likeness (QED) is 0.352. The molecule has 2 bridgehead atoms. The van der Waals surface area contributed by atoms with E-state index in [9.17, 15) is 15.0 Å². The fraction of sp³-hybridized carbons (Fsp3) is 0.710. The van der Waals surface area contributed by atoms with Gasteiger partial charge in [0.1, 0.15) is 29.8 Å². The molecule has 5 aliphatic rings. The number of fused-ring (bicyclic) bond motifs is 2. The predicted molar refractivity (Wildman–Crippen MR) is 143 cm³/mol. The van der Waals surface area contributed by atoms with Crippen molar-refractivity contribution in [1.82, 2.24) is 0 Å². The average molecular weight is 529 g/mol. The molecule has 3 saturated heterocycles. The summed E-state index contributed by atoms with van der Waals surface area (Å²) in [5.74, 6) is -1.53. The summed E-state index contributed by atoms with van der Waals surface area (Å²) in [6, 6.07) is 0. The highest BCUT2D eigenvalue weighted by Crippen LogP contribution is 2.47. The minimum Gasteiger partial charge on any atom is -0.462 e. The molecule has 0 aromatic carbocycles. The van der Waals surface area contributed by atoms with E-state index in [2.05, 4.69) is 39.8 Å². The van der Waals surface area contributed by atoms with Crippen molar-refractivity contribution in [2.75, 3.05) is 6.61 Å². The third kappa shape index (κ3) is 5.20. The molecule has 210 valence electrons. The Hall–Kier alpha value is -1.77. The minimum atomic E-state index is -1.68. The maximum atomic E-state index is 13.8. The zero-order valence-electron chi connectivity index (χ0n) is 23.4. The fourth-order valence-electron chi connectivity index (χ4n) is 6.85. The Morgan fingerprint density at radius 3 is 2.66 bits per heavy atom. The molecule has 7 nitrogen and oxygen atoms in total. The zero-order chi connectivity index (χ0) is 27.2. The van der Waals surface area contributed by atoms with Crippen LogP contribution in [-0.2, 0) is 23.7 Å². The van der Waals surface area contributed by atoms with Crippen LogP contribution in [0.3, 0.4) is 0 Å². The van der Waals surface area contributed by atoms with Gasteiger partial charge in [-0.05, 0) is 63.0 Å². The van der Waals surface area contributed by atoms with E-state index in [-0.39, 0.29) is 18.8 Å². The van der Waals surface area contributed by atoms with Gasteiger partial charge in [-0.2, -0.15) is 0 Å². The third-order valence-electron chi connectivity index (χ3n) is 9.30. The number of ether oxygens (including phenoxy) is 4. The van der Waals surface area contributed by atoms with E-state index in [1.54, 1.807) is 13.0 Å². The molecule has 1 aliphatic carbocycles. The van der Waals surface area contributed by atoms with Crippen LogP contribution in [0.2, 0.25) is 0 Å². The van der Waals surface area contributed by atoms with Gasteiger partial charge in [0.15, 0.2) is 5.79 Å². The van der Waals surface area contributed by atoms with E-state index < -0.39 is 41.6 Å². The van der Waals surface area contributed by atoms with E-state index in [1.807, 2.05) is 12.2 Å². The maximum Gasteiger partial charge on any atom is 0.316 e. The van der Waals surface area contributed by atoms with E-state index in [0.717, 1.165) is 25.7 Å². The molecule has 0 saturated carbocycles. The van der Waals surface area contributed by atoms with Gasteiger partial charge in [-0.15, -0.1) is 0 Å². The first-order chi connectivity index (χ1) is 18.0. The highest BCUT2D eigenvalue weighted by molar-refractivity contribution is 5.78. The van der Waals surface area contributed by atoms with Crippen LogP contribution in [0.1, 0.15) is 73.1 Å². The summed E-state index contributed by atoms with van der Waals surface area (Å²) in [6.45, 7) is 10.5. The molecule has 0 radical (unpaired) electrons. The number of hydrogen-bond donors (Lipinski definition) is 2. The molecule has 4 aliphatic heterocycles. The molecular formula is C31H44O7. The molecule has 10 atom stereocenters. The first kappa shape index (κ1) is 27.8. The largest absolute Gasteiger partial charge is 0.462 e. The number of allylic oxidation sites excluding steroid dienone is 4. The van der Waals surface area contributed by atoms with E-state index >= 15 is 0 Å². The van der Waals surface area contributed by atoms with Crippen molar-refractivity contribution in [3.05, 3.63) is 47.1 Å². The van der Waals surface area contributed by atoms with Crippen LogP contribution in [-0.4, -0.2) is 64.7 Å². The molecule has 0 aromatic heterocycles. The lowest BCUT2D eigenvalue weighted by Gasteiger charge is -2.49. The molecule has 10 unspecified atom stereocenters. The molecule has 4 heterocycles. The van der Waals surface area contributed by atoms with Gasteiger partial charge in [0.05, 0.1) is 18.8 Å². The molecule has 38 heavy (non-hydrogen) atoms. The number of rotatable bonds is 0. The smallest absolute Gasteiger partial charge is 0.316 e. The topological polar surface area (TPSA) is 94.5 Å². The summed E-state index contributed by atoms with van der Waals surface area (Å²) in [4.78, 5) is 13.8. The van der Waals surface area contributed by atoms with Crippen molar-refractivity contribution in [3.8, 4) is 0 Å². The number of carbonyl (C=O) groups excluding carboxylic acids is 1. The van der Waals surface area contributed by atoms with Crippen LogP contribution in [0.4, 0.5) is 0 Å². The predicted octanol–water partition coefficient (Wildman–Crippen LogP) is 4.53. The van der Waals surface area contributed by atoms with Crippen molar-refractivity contribution in [1.29, 1.82) is 0 Å². The van der Waals surface area contributed by atoms with Crippen LogP contribution in [0.25, 0.3) is 0 Å². The Morgan fingerprint density at radius 1 is 1.11 bits per heavy atom. The second kappa shape index (κ2) is 10.7. The highest BCUT2D eigenvalue weighted by Gasteiger charge is 2.60. The van der Waals surface area contributed by atoms with Gasteiger partial charge in [0.25, 0.3) is 0 Å². The first-order valence-corrected chi connectivity index (χ1v) is 14.3. The van der Waals surface area contributed by atoms with Gasteiger partial charge in [-0.1, -0.05) is 49.8 Å². The Kier molecular flexibility index (Phi) is 7.79. The Morgan fingerprint density at radius 2 is 1.89 bits per heavy atom. The van der Waals surface area contributed by atoms with Crippen molar-refractivity contribution >= 4 is 5.97 Å². The van der Waals surface area contributed by atoms with E-state index in [1.165, 1.54) is 5.57 Å². The minimum absolute atomic E-state index is 0.0526. The van der Waals surface area contributed by atoms with Crippen LogP contribution >= 0.6 is 0 Å². The second-order valence-corrected chi connectivity index (χ2v) is 12.4. The summed E-state index contributed by atoms with van der Waals surface area (Å²) in [5, 5.41) is 22.8. The SMILES string of the molecule is CC1=CC2C(=O)OC3CC(C/C=C(\C)CC(C)/C=C/C=C4\COC(C1O)C42O)OC1(CCC(C)C(C)O1)C3. The molecular weight excluding hydrogens is 484 g/mol. The molecule has 0 amide bonds. The lowest BCUT2D eigenvalue weighted by atomic mass is 9.71. The lowest BCUT2D eigenvalue weighted by molar-refractivity contribution is -0.332. The van der Waals surface area contributed by atoms with Crippen LogP contribution < -0.4 is 0 Å². The molecule has 7 heteroatoms. The van der Waals surface area contributed by atoms with Crippen molar-refractivity contribution < 1.29 is 34.0 Å². The summed E-state index contributed by atoms with van der Waals surface area (Å²) in [7, 11) is 0. The number of aliphatic hydroxyl groups is 2. The van der Waals surface area contributed by atoms with Crippen molar-refractivity contribution in [3.63, 3.8) is 0 Å². The zero-order valence-corrected chi connectivity index (χ0v) is 23.4. The van der Waals surface area contributed by atoms with Crippen molar-refractivity contribution in [2.45, 2.75) is 115 Å². The Labute approximate surface area is 226 Å². The fourth-order valence-corrected chi connectivity index (χ4v) is 6.85. The standard InChI is InChI=1S/C31H44O7/c1-18-7-6-8-23-17-35-28-27(32)21(4)14-26(31(23,28)34)29(33)36-25-15-24(10-9-19(2)13-18)38-30(16-25)12-11-20(3)22(5)37-30/h6-9,14,18,20,22,24-28,32,34H,10-13,15-17H2,1-5H3/b7-6+,19-9+,23-8+. The summed E-state index contributed by atoms with van der Waals surface area (Å²) >= 11 is 0. The van der Waals surface area contributed by atoms with Gasteiger partial charge in [-0.25, -0.2) is 0 Å². The Balaban J connectivity index is 1.51. The van der Waals surface area contributed by atoms with Gasteiger partial charge in [-0.3, -0.25) is 4.79 Å². The van der Waals surface area contributed by atoms with E-state index in [4.69, 9.17) is 18.9 Å². The number of carbonyl (C=O) groups is 1. The summed E-state index contributed by atoms with van der Waals surface area (Å²) in [6.07, 6.45) is 11.8. The highest BCUT2D eigenvalue weighted by atomic mass is 16.7. The molecule has 2 N–H and O–H groups in total. The van der Waals surface area contributed by atoms with Gasteiger partial charge < -0.3 is 29.2 Å². The van der Waals surface area contributed by atoms with Gasteiger partial charge >= 0.3 is 5.97 Å². The monoisotopic (exact) mass is 528 g/mol. The number of aliphatic hydroxyl groups excluding tert-OH is 1. The summed E-state index contributed by atoms with van der Waals surface area (Å²) in [5.41, 5.74) is 0.783. The van der Waals surface area contributed by atoms with E-state index in [0.29, 0.717) is 35.8 Å². The number of esters is 1. The maximum absolute atomic E-state index is 13.8. The molecule has 5 rings (SSSR count). The molecule has 0 aromatic rings. The third-order valence-corrected chi connectivity index (χ3v) is 9.30. The lowest BCUT2D eigenvalue weighted by Crippen LogP contribution is -2.58. The summed E-state index contributed by atoms with van der Waals surface area (Å²) < 4.78 is 25.2.